The molecule has 0 aromatic heterocycles. The Morgan fingerprint density at radius 2 is 1.71 bits per heavy atom. The number of esters is 1. The predicted octanol–water partition coefficient (Wildman–Crippen LogP) is 4.90. The first-order valence-corrected chi connectivity index (χ1v) is 19.2. The third-order valence-corrected chi connectivity index (χ3v) is 11.4. The summed E-state index contributed by atoms with van der Waals surface area (Å²) in [4.78, 5) is 62.8. The lowest BCUT2D eigenvalue weighted by atomic mass is 9.74. The van der Waals surface area contributed by atoms with Gasteiger partial charge in [0.15, 0.2) is 0 Å². The Balaban J connectivity index is 1.47. The van der Waals surface area contributed by atoms with Crippen molar-refractivity contribution in [1.82, 2.24) is 10.2 Å². The Bertz CT molecular complexity index is 1690. The standard InChI is InChI=1S/C40H49BrN4O7/c1-5-43(6-2)27-16-18-28(19-17-27)44-20-12-8-11-15-32(47)42-23-31(26-13-9-7-10-14-26)51-39(50)33-34-37(48)45(29(24-46)21-25(3)4)36(38(44)49)40(34)22-30(41)35(33)52-40/h7-10,12-14,16-19,22,25,29,31,33-36,46H,5-6,11,15,20-21,23-24H2,1-4H3,(H,42,47)/b12-8-/t29-,31+,33+,34-,35+,36+,40-/m1/s1. The van der Waals surface area contributed by atoms with E-state index in [1.165, 1.54) is 4.90 Å². The van der Waals surface area contributed by atoms with Gasteiger partial charge in [-0.05, 0) is 68.5 Å². The summed E-state index contributed by atoms with van der Waals surface area (Å²) in [7, 11) is 0. The maximum Gasteiger partial charge on any atom is 0.313 e. The Morgan fingerprint density at radius 1 is 1.00 bits per heavy atom. The van der Waals surface area contributed by atoms with Gasteiger partial charge in [0.2, 0.25) is 11.8 Å². The number of nitrogens with zero attached hydrogens (tertiary/aromatic N) is 3. The van der Waals surface area contributed by atoms with Crippen LogP contribution in [0.3, 0.4) is 0 Å². The molecule has 0 unspecified atom stereocenters. The number of aliphatic hydroxyl groups excluding tert-OH is 1. The molecule has 6 rings (SSSR count). The number of hydrogen-bond acceptors (Lipinski definition) is 8. The molecule has 3 amide bonds. The molecular formula is C40H49BrN4O7. The van der Waals surface area contributed by atoms with Crippen molar-refractivity contribution < 1.29 is 33.8 Å². The molecule has 2 aromatic rings. The van der Waals surface area contributed by atoms with E-state index in [2.05, 4.69) is 40.0 Å². The zero-order valence-corrected chi connectivity index (χ0v) is 31.8. The van der Waals surface area contributed by atoms with E-state index in [0.29, 0.717) is 28.6 Å². The van der Waals surface area contributed by atoms with Crippen LogP contribution in [0.5, 0.6) is 0 Å². The van der Waals surface area contributed by atoms with Crippen molar-refractivity contribution in [3.8, 4) is 0 Å². The molecule has 11 nitrogen and oxygen atoms in total. The minimum atomic E-state index is -1.50. The number of carbonyl (C=O) groups is 4. The van der Waals surface area contributed by atoms with Crippen LogP contribution in [0.15, 0.2) is 77.3 Å². The molecular weight excluding hydrogens is 728 g/mol. The van der Waals surface area contributed by atoms with Crippen molar-refractivity contribution in [2.24, 2.45) is 17.8 Å². The van der Waals surface area contributed by atoms with Gasteiger partial charge in [0.1, 0.15) is 29.8 Å². The van der Waals surface area contributed by atoms with Crippen molar-refractivity contribution in [2.45, 2.75) is 76.9 Å². The fourth-order valence-corrected chi connectivity index (χ4v) is 8.98. The second kappa shape index (κ2) is 15.9. The molecule has 2 fully saturated rings. The number of ether oxygens (including phenoxy) is 2. The van der Waals surface area contributed by atoms with Gasteiger partial charge in [0.25, 0.3) is 5.91 Å². The Hall–Kier alpha value is -4.00. The highest BCUT2D eigenvalue weighted by molar-refractivity contribution is 9.11. The zero-order valence-electron chi connectivity index (χ0n) is 30.2. The summed E-state index contributed by atoms with van der Waals surface area (Å²) < 4.78 is 13.4. The lowest BCUT2D eigenvalue weighted by Crippen LogP contribution is -2.59. The van der Waals surface area contributed by atoms with E-state index in [-0.39, 0.29) is 37.9 Å². The van der Waals surface area contributed by atoms with Crippen LogP contribution in [0.25, 0.3) is 0 Å². The van der Waals surface area contributed by atoms with Gasteiger partial charge in [-0.15, -0.1) is 0 Å². The largest absolute Gasteiger partial charge is 0.455 e. The average molecular weight is 778 g/mol. The van der Waals surface area contributed by atoms with E-state index < -0.39 is 59.5 Å². The van der Waals surface area contributed by atoms with Crippen molar-refractivity contribution in [3.63, 3.8) is 0 Å². The summed E-state index contributed by atoms with van der Waals surface area (Å²) in [5.74, 6) is -3.76. The zero-order chi connectivity index (χ0) is 37.2. The van der Waals surface area contributed by atoms with Crippen LogP contribution >= 0.6 is 15.9 Å². The Kier molecular flexibility index (Phi) is 11.6. The molecule has 278 valence electrons. The number of carbonyl (C=O) groups excluding carboxylic acids is 4. The minimum absolute atomic E-state index is 0.0444. The third-order valence-electron chi connectivity index (χ3n) is 10.7. The summed E-state index contributed by atoms with van der Waals surface area (Å²) in [5, 5.41) is 13.7. The summed E-state index contributed by atoms with van der Waals surface area (Å²) in [6.07, 6.45) is 4.89. The first kappa shape index (κ1) is 37.7. The van der Waals surface area contributed by atoms with Gasteiger partial charge in [-0.2, -0.15) is 0 Å². The van der Waals surface area contributed by atoms with E-state index in [0.717, 1.165) is 18.8 Å². The van der Waals surface area contributed by atoms with Crippen molar-refractivity contribution in [1.29, 1.82) is 0 Å². The minimum Gasteiger partial charge on any atom is -0.455 e. The van der Waals surface area contributed by atoms with Crippen LogP contribution in [-0.2, 0) is 28.7 Å². The molecule has 0 radical (unpaired) electrons. The van der Waals surface area contributed by atoms with Crippen LogP contribution < -0.4 is 15.1 Å². The van der Waals surface area contributed by atoms with Gasteiger partial charge in [-0.1, -0.05) is 72.3 Å². The molecule has 52 heavy (non-hydrogen) atoms. The van der Waals surface area contributed by atoms with E-state index in [1.54, 1.807) is 11.0 Å². The van der Waals surface area contributed by atoms with Crippen LogP contribution in [0, 0.1) is 17.8 Å². The normalized spacial score (nSPS) is 29.1. The summed E-state index contributed by atoms with van der Waals surface area (Å²) in [5.41, 5.74) is 0.825. The number of fused-ring (bicyclic) bond motifs is 2. The molecule has 7 atom stereocenters. The SMILES string of the molecule is CCN(CC)c1ccc(N2C/C=C\CCC(=O)NC[C@@H](c3ccccc3)OC(=O)[C@@H]3[C@H]4O[C@@]5(C=C4Br)[C@H](C2=O)N([C@@H](CO)CC(C)C)C(=O)[C@@H]35)cc1. The van der Waals surface area contributed by atoms with Gasteiger partial charge in [-0.3, -0.25) is 19.2 Å². The topological polar surface area (TPSA) is 129 Å². The first-order valence-electron chi connectivity index (χ1n) is 18.4. The fraction of sp³-hybridized carbons (Fsp3) is 0.500. The number of nitrogens with one attached hydrogen (secondary N) is 1. The number of rotatable bonds is 9. The second-order valence-corrected chi connectivity index (χ2v) is 15.2. The monoisotopic (exact) mass is 776 g/mol. The number of cyclic esters (lactones) is 1. The van der Waals surface area contributed by atoms with Gasteiger partial charge >= 0.3 is 5.97 Å². The number of hydrogen-bond donors (Lipinski definition) is 2. The highest BCUT2D eigenvalue weighted by Gasteiger charge is 2.75. The quantitative estimate of drug-likeness (QED) is 0.272. The third kappa shape index (κ3) is 7.04. The lowest BCUT2D eigenvalue weighted by Gasteiger charge is -2.39. The maximum atomic E-state index is 15.3. The highest BCUT2D eigenvalue weighted by Crippen LogP contribution is 2.59. The summed E-state index contributed by atoms with van der Waals surface area (Å²) >= 11 is 3.63. The maximum absolute atomic E-state index is 15.3. The van der Waals surface area contributed by atoms with Gasteiger partial charge in [0, 0.05) is 41.9 Å². The smallest absolute Gasteiger partial charge is 0.313 e. The number of anilines is 2. The van der Waals surface area contributed by atoms with E-state index in [9.17, 15) is 19.5 Å². The fourth-order valence-electron chi connectivity index (χ4n) is 8.24. The number of benzene rings is 2. The molecule has 4 aliphatic heterocycles. The average Bonchev–Trinajstić information content (AvgIpc) is 3.74. The Morgan fingerprint density at radius 3 is 2.37 bits per heavy atom. The van der Waals surface area contributed by atoms with E-state index in [4.69, 9.17) is 9.47 Å². The number of halogens is 1. The number of allylic oxidation sites excluding steroid dienone is 1. The molecule has 2 saturated heterocycles. The lowest BCUT2D eigenvalue weighted by molar-refractivity contribution is -0.160. The molecule has 4 aliphatic rings. The Labute approximate surface area is 314 Å². The predicted molar refractivity (Wildman–Crippen MR) is 202 cm³/mol. The molecule has 2 N–H and O–H groups in total. The second-order valence-electron chi connectivity index (χ2n) is 14.3. The van der Waals surface area contributed by atoms with Crippen molar-refractivity contribution in [2.75, 3.05) is 42.6 Å². The van der Waals surface area contributed by atoms with Crippen LogP contribution in [0.2, 0.25) is 0 Å². The van der Waals surface area contributed by atoms with Gasteiger partial charge in [0.05, 0.1) is 25.1 Å². The first-order chi connectivity index (χ1) is 25.0. The van der Waals surface area contributed by atoms with Crippen molar-refractivity contribution in [3.05, 3.63) is 82.9 Å². The van der Waals surface area contributed by atoms with E-state index in [1.807, 2.05) is 80.6 Å². The number of likely N-dealkylation sites (tertiary alicyclic amines) is 1. The van der Waals surface area contributed by atoms with Crippen LogP contribution in [0.1, 0.15) is 58.6 Å². The summed E-state index contributed by atoms with van der Waals surface area (Å²) in [6.45, 7) is 9.66. The summed E-state index contributed by atoms with van der Waals surface area (Å²) in [6, 6.07) is 15.0. The number of aliphatic hydroxyl groups is 1. The molecule has 1 spiro atoms. The molecule has 0 aliphatic carbocycles. The molecule has 0 saturated carbocycles. The van der Waals surface area contributed by atoms with E-state index >= 15 is 4.79 Å². The van der Waals surface area contributed by atoms with Gasteiger partial charge in [-0.25, -0.2) is 0 Å². The molecule has 4 heterocycles. The number of amides is 3. The molecule has 2 aromatic carbocycles. The van der Waals surface area contributed by atoms with Crippen LogP contribution in [-0.4, -0.2) is 90.3 Å². The highest BCUT2D eigenvalue weighted by atomic mass is 79.9. The van der Waals surface area contributed by atoms with Crippen LogP contribution in [0.4, 0.5) is 11.4 Å². The molecule has 5 bridgehead atoms. The van der Waals surface area contributed by atoms with Crippen molar-refractivity contribution >= 4 is 51.0 Å². The molecule has 12 heteroatoms. The van der Waals surface area contributed by atoms with Gasteiger partial charge < -0.3 is 34.6 Å².